The van der Waals surface area contributed by atoms with Crippen molar-refractivity contribution in [2.75, 3.05) is 24.6 Å². The molecule has 1 unspecified atom stereocenters. The summed E-state index contributed by atoms with van der Waals surface area (Å²) in [6.45, 7) is 8.97. The molecule has 1 fully saturated rings. The molecule has 1 aliphatic rings. The van der Waals surface area contributed by atoms with E-state index in [0.717, 1.165) is 48.1 Å². The Labute approximate surface area is 169 Å². The molecule has 8 heteroatoms. The molecule has 0 aromatic carbocycles. The van der Waals surface area contributed by atoms with E-state index >= 15 is 0 Å². The number of hydrogen-bond acceptors (Lipinski definition) is 6. The zero-order chi connectivity index (χ0) is 20.4. The van der Waals surface area contributed by atoms with E-state index in [1.54, 1.807) is 6.20 Å². The number of aromatic nitrogens is 5. The van der Waals surface area contributed by atoms with Crippen molar-refractivity contribution < 1.29 is 4.74 Å². The van der Waals surface area contributed by atoms with Crippen molar-refractivity contribution in [2.24, 2.45) is 0 Å². The molecule has 0 saturated carbocycles. The molecule has 1 aliphatic heterocycles. The third-order valence-electron chi connectivity index (χ3n) is 5.12. The quantitative estimate of drug-likeness (QED) is 0.713. The Balaban J connectivity index is 1.48. The average molecular weight is 394 g/mol. The first-order valence-corrected chi connectivity index (χ1v) is 9.96. The van der Waals surface area contributed by atoms with Crippen LogP contribution in [0.1, 0.15) is 24.0 Å². The maximum atomic E-state index is 11.8. The Morgan fingerprint density at radius 1 is 1.28 bits per heavy atom. The van der Waals surface area contributed by atoms with Gasteiger partial charge in [-0.25, -0.2) is 9.97 Å². The van der Waals surface area contributed by atoms with Crippen molar-refractivity contribution in [1.29, 1.82) is 0 Å². The van der Waals surface area contributed by atoms with Crippen LogP contribution in [0, 0.1) is 13.8 Å². The predicted molar refractivity (Wildman–Crippen MR) is 111 cm³/mol. The van der Waals surface area contributed by atoms with Crippen molar-refractivity contribution >= 4 is 5.82 Å². The summed E-state index contributed by atoms with van der Waals surface area (Å²) >= 11 is 0. The van der Waals surface area contributed by atoms with Gasteiger partial charge in [0.05, 0.1) is 24.9 Å². The summed E-state index contributed by atoms with van der Waals surface area (Å²) in [5, 5.41) is 4.54. The van der Waals surface area contributed by atoms with Crippen LogP contribution in [0.5, 0.6) is 0 Å². The molecule has 0 spiro atoms. The normalized spacial score (nSPS) is 16.9. The Morgan fingerprint density at radius 3 is 2.83 bits per heavy atom. The summed E-state index contributed by atoms with van der Waals surface area (Å²) in [7, 11) is 0. The highest BCUT2D eigenvalue weighted by molar-refractivity contribution is 5.56. The molecule has 0 bridgehead atoms. The molecule has 4 heterocycles. The van der Waals surface area contributed by atoms with Gasteiger partial charge in [0.1, 0.15) is 11.6 Å². The van der Waals surface area contributed by atoms with Gasteiger partial charge in [-0.05, 0) is 38.5 Å². The zero-order valence-electron chi connectivity index (χ0n) is 17.1. The molecule has 1 N–H and O–H groups in total. The zero-order valence-corrected chi connectivity index (χ0v) is 17.1. The van der Waals surface area contributed by atoms with Crippen LogP contribution in [0.25, 0.3) is 11.4 Å². The molecule has 152 valence electrons. The number of ether oxygens (including phenoxy) is 1. The fourth-order valence-corrected chi connectivity index (χ4v) is 3.63. The lowest BCUT2D eigenvalue weighted by Crippen LogP contribution is -2.44. The second-order valence-corrected chi connectivity index (χ2v) is 7.39. The Morgan fingerprint density at radius 2 is 2.14 bits per heavy atom. The monoisotopic (exact) mass is 394 g/mol. The van der Waals surface area contributed by atoms with Gasteiger partial charge in [-0.2, -0.15) is 5.10 Å². The van der Waals surface area contributed by atoms with Gasteiger partial charge in [-0.3, -0.25) is 9.48 Å². The van der Waals surface area contributed by atoms with Gasteiger partial charge in [0.15, 0.2) is 0 Å². The third kappa shape index (κ3) is 4.37. The van der Waals surface area contributed by atoms with Crippen molar-refractivity contribution in [1.82, 2.24) is 24.7 Å². The van der Waals surface area contributed by atoms with E-state index < -0.39 is 0 Å². The van der Waals surface area contributed by atoms with Crippen LogP contribution >= 0.6 is 0 Å². The van der Waals surface area contributed by atoms with E-state index in [0.29, 0.717) is 18.9 Å². The lowest BCUT2D eigenvalue weighted by molar-refractivity contribution is 0.0267. The van der Waals surface area contributed by atoms with Gasteiger partial charge in [-0.1, -0.05) is 6.92 Å². The molecular weight excluding hydrogens is 368 g/mol. The summed E-state index contributed by atoms with van der Waals surface area (Å²) < 4.78 is 7.95. The van der Waals surface area contributed by atoms with Crippen LogP contribution in [0.2, 0.25) is 0 Å². The largest absolute Gasteiger partial charge is 0.373 e. The summed E-state index contributed by atoms with van der Waals surface area (Å²) in [5.74, 6) is 1.45. The van der Waals surface area contributed by atoms with Crippen LogP contribution in [0.15, 0.2) is 35.3 Å². The van der Waals surface area contributed by atoms with E-state index in [2.05, 4.69) is 37.9 Å². The molecule has 1 atom stereocenters. The van der Waals surface area contributed by atoms with Gasteiger partial charge in [0.25, 0.3) is 5.56 Å². The molecular formula is C21H26N6O2. The van der Waals surface area contributed by atoms with Gasteiger partial charge < -0.3 is 14.6 Å². The fourth-order valence-electron chi connectivity index (χ4n) is 3.63. The standard InChI is InChI=1S/C21H26N6O2/c1-4-17-10-20(28)24-21(23-17)16-5-6-19(22-11-16)26-7-8-29-18(12-26)13-27-15(3)9-14(2)25-27/h5-6,9-11,18H,4,7-8,12-13H2,1-3H3,(H,23,24,28). The van der Waals surface area contributed by atoms with Crippen molar-refractivity contribution in [2.45, 2.75) is 39.8 Å². The molecule has 0 amide bonds. The number of nitrogens with zero attached hydrogens (tertiary/aromatic N) is 5. The van der Waals surface area contributed by atoms with E-state index in [-0.39, 0.29) is 11.7 Å². The number of aryl methyl sites for hydroxylation is 3. The minimum absolute atomic E-state index is 0.0579. The number of nitrogens with one attached hydrogen (secondary N) is 1. The number of anilines is 1. The van der Waals surface area contributed by atoms with Crippen LogP contribution < -0.4 is 10.5 Å². The Kier molecular flexibility index (Phi) is 5.44. The number of hydrogen-bond donors (Lipinski definition) is 1. The number of pyridine rings is 1. The lowest BCUT2D eigenvalue weighted by Gasteiger charge is -2.33. The van der Waals surface area contributed by atoms with E-state index in [1.165, 1.54) is 6.07 Å². The highest BCUT2D eigenvalue weighted by Gasteiger charge is 2.23. The SMILES string of the molecule is CCc1cc(=O)[nH]c(-c2ccc(N3CCOC(Cn4nc(C)cc4C)C3)nc2)n1. The Hall–Kier alpha value is -3.00. The summed E-state index contributed by atoms with van der Waals surface area (Å²) in [4.78, 5) is 25.9. The molecule has 29 heavy (non-hydrogen) atoms. The second-order valence-electron chi connectivity index (χ2n) is 7.39. The van der Waals surface area contributed by atoms with Crippen LogP contribution in [-0.4, -0.2) is 50.5 Å². The molecule has 0 aliphatic carbocycles. The number of aromatic amines is 1. The molecule has 0 radical (unpaired) electrons. The van der Waals surface area contributed by atoms with E-state index in [4.69, 9.17) is 4.74 Å². The number of H-pyrrole nitrogens is 1. The van der Waals surface area contributed by atoms with Crippen LogP contribution in [0.3, 0.4) is 0 Å². The first-order valence-electron chi connectivity index (χ1n) is 9.96. The van der Waals surface area contributed by atoms with Crippen molar-refractivity contribution in [3.05, 3.63) is 57.9 Å². The van der Waals surface area contributed by atoms with Crippen molar-refractivity contribution in [3.63, 3.8) is 0 Å². The summed E-state index contributed by atoms with van der Waals surface area (Å²) in [6.07, 6.45) is 2.54. The number of rotatable bonds is 5. The molecule has 3 aromatic rings. The molecule has 1 saturated heterocycles. The first-order chi connectivity index (χ1) is 14.0. The highest BCUT2D eigenvalue weighted by Crippen LogP contribution is 2.20. The van der Waals surface area contributed by atoms with Gasteiger partial charge in [0.2, 0.25) is 0 Å². The highest BCUT2D eigenvalue weighted by atomic mass is 16.5. The van der Waals surface area contributed by atoms with E-state index in [9.17, 15) is 4.79 Å². The minimum Gasteiger partial charge on any atom is -0.373 e. The van der Waals surface area contributed by atoms with Gasteiger partial charge in [0, 0.05) is 42.3 Å². The number of morpholine rings is 1. The van der Waals surface area contributed by atoms with Crippen LogP contribution in [0.4, 0.5) is 5.82 Å². The predicted octanol–water partition coefficient (Wildman–Crippen LogP) is 2.11. The van der Waals surface area contributed by atoms with Gasteiger partial charge in [-0.15, -0.1) is 0 Å². The summed E-state index contributed by atoms with van der Waals surface area (Å²) in [5.41, 5.74) is 3.59. The van der Waals surface area contributed by atoms with Crippen molar-refractivity contribution in [3.8, 4) is 11.4 Å². The smallest absolute Gasteiger partial charge is 0.251 e. The lowest BCUT2D eigenvalue weighted by atomic mass is 10.2. The molecule has 4 rings (SSSR count). The average Bonchev–Trinajstić information content (AvgIpc) is 3.04. The third-order valence-corrected chi connectivity index (χ3v) is 5.12. The fraction of sp³-hybridized carbons (Fsp3) is 0.429. The second kappa shape index (κ2) is 8.16. The van der Waals surface area contributed by atoms with E-state index in [1.807, 2.05) is 30.7 Å². The first kappa shape index (κ1) is 19.3. The molecule has 3 aromatic heterocycles. The summed E-state index contributed by atoms with van der Waals surface area (Å²) in [6, 6.07) is 7.53. The van der Waals surface area contributed by atoms with Gasteiger partial charge >= 0.3 is 0 Å². The topological polar surface area (TPSA) is 88.9 Å². The van der Waals surface area contributed by atoms with Crippen LogP contribution in [-0.2, 0) is 17.7 Å². The Bertz CT molecular complexity index is 1040. The minimum atomic E-state index is -0.143. The molecule has 8 nitrogen and oxygen atoms in total. The maximum Gasteiger partial charge on any atom is 0.251 e. The maximum absolute atomic E-state index is 11.8.